The van der Waals surface area contributed by atoms with E-state index in [4.69, 9.17) is 4.74 Å². The molecule has 1 saturated carbocycles. The van der Waals surface area contributed by atoms with Gasteiger partial charge >= 0.3 is 6.03 Å². The highest BCUT2D eigenvalue weighted by atomic mass is 16.5. The second-order valence-electron chi connectivity index (χ2n) is 8.78. The van der Waals surface area contributed by atoms with E-state index >= 15 is 0 Å². The van der Waals surface area contributed by atoms with E-state index in [0.717, 1.165) is 43.6 Å². The third-order valence-corrected chi connectivity index (χ3v) is 7.29. The Balaban J connectivity index is 1.31. The van der Waals surface area contributed by atoms with E-state index in [1.54, 1.807) is 0 Å². The Bertz CT molecular complexity index is 1030. The fraction of sp³-hybridized carbons (Fsp3) is 0.500. The smallest absolute Gasteiger partial charge is 0.329 e. The molecule has 0 spiro atoms. The highest BCUT2D eigenvalue weighted by Crippen LogP contribution is 2.65. The molecular formula is C20H22N6O3. The maximum atomic E-state index is 12.0. The number of anilines is 2. The maximum absolute atomic E-state index is 12.0. The lowest BCUT2D eigenvalue weighted by atomic mass is 9.53. The number of urea groups is 1. The number of benzene rings is 1. The van der Waals surface area contributed by atoms with E-state index in [1.165, 1.54) is 17.7 Å². The summed E-state index contributed by atoms with van der Waals surface area (Å²) in [5.41, 5.74) is 2.10. The molecule has 0 radical (unpaired) electrons. The van der Waals surface area contributed by atoms with Gasteiger partial charge in [-0.05, 0) is 25.0 Å². The first-order valence-electron chi connectivity index (χ1n) is 9.94. The summed E-state index contributed by atoms with van der Waals surface area (Å²) in [4.78, 5) is 27.3. The molecule has 3 saturated heterocycles. The molecule has 2 unspecified atom stereocenters. The molecule has 2 atom stereocenters. The molecule has 1 aromatic heterocycles. The minimum absolute atomic E-state index is 0.0341. The van der Waals surface area contributed by atoms with Gasteiger partial charge in [0, 0.05) is 42.2 Å². The number of ether oxygens (including phenoxy) is 1. The lowest BCUT2D eigenvalue weighted by Gasteiger charge is -2.47. The monoisotopic (exact) mass is 394 g/mol. The van der Waals surface area contributed by atoms with Crippen molar-refractivity contribution < 1.29 is 14.3 Å². The van der Waals surface area contributed by atoms with Gasteiger partial charge in [0.2, 0.25) is 11.9 Å². The minimum Gasteiger partial charge on any atom is -0.380 e. The van der Waals surface area contributed by atoms with Crippen LogP contribution in [-0.4, -0.2) is 59.6 Å². The van der Waals surface area contributed by atoms with Gasteiger partial charge in [-0.1, -0.05) is 12.1 Å². The molecule has 3 aliphatic heterocycles. The molecule has 29 heavy (non-hydrogen) atoms. The maximum Gasteiger partial charge on any atom is 0.329 e. The first-order chi connectivity index (χ1) is 14.0. The molecule has 1 N–H and O–H groups in total. The molecule has 1 aromatic carbocycles. The summed E-state index contributed by atoms with van der Waals surface area (Å²) in [6.45, 7) is 3.68. The highest BCUT2D eigenvalue weighted by Gasteiger charge is 2.67. The van der Waals surface area contributed by atoms with Gasteiger partial charge in [0.15, 0.2) is 5.82 Å². The van der Waals surface area contributed by atoms with E-state index in [2.05, 4.69) is 20.4 Å². The Hall–Kier alpha value is -2.94. The summed E-state index contributed by atoms with van der Waals surface area (Å²) < 4.78 is 7.83. The second kappa shape index (κ2) is 5.56. The molecule has 150 valence electrons. The quantitative estimate of drug-likeness (QED) is 0.786. The first-order valence-corrected chi connectivity index (χ1v) is 9.94. The van der Waals surface area contributed by atoms with Crippen molar-refractivity contribution in [3.8, 4) is 11.4 Å². The zero-order chi connectivity index (χ0) is 19.8. The van der Waals surface area contributed by atoms with Crippen LogP contribution in [0.4, 0.5) is 16.4 Å². The number of nitrogens with one attached hydrogen (secondary N) is 1. The molecule has 0 bridgehead atoms. The highest BCUT2D eigenvalue weighted by molar-refractivity contribution is 6.12. The van der Waals surface area contributed by atoms with Crippen molar-refractivity contribution in [3.63, 3.8) is 0 Å². The lowest BCUT2D eigenvalue weighted by Crippen LogP contribution is -2.49. The van der Waals surface area contributed by atoms with Gasteiger partial charge in [0.05, 0.1) is 13.2 Å². The van der Waals surface area contributed by atoms with Crippen molar-refractivity contribution in [1.82, 2.24) is 20.1 Å². The Morgan fingerprint density at radius 2 is 1.86 bits per heavy atom. The van der Waals surface area contributed by atoms with Crippen LogP contribution in [0.2, 0.25) is 0 Å². The fourth-order valence-electron chi connectivity index (χ4n) is 5.55. The molecule has 1 aliphatic carbocycles. The summed E-state index contributed by atoms with van der Waals surface area (Å²) in [6.07, 6.45) is 2.46. The lowest BCUT2D eigenvalue weighted by molar-refractivity contribution is -0.117. The molecule has 9 heteroatoms. The van der Waals surface area contributed by atoms with Gasteiger partial charge in [0.1, 0.15) is 6.54 Å². The van der Waals surface area contributed by atoms with E-state index in [0.29, 0.717) is 5.69 Å². The van der Waals surface area contributed by atoms with Crippen LogP contribution in [0.25, 0.3) is 11.4 Å². The van der Waals surface area contributed by atoms with Crippen LogP contribution in [0, 0.1) is 10.8 Å². The first kappa shape index (κ1) is 17.0. The van der Waals surface area contributed by atoms with Gasteiger partial charge in [-0.3, -0.25) is 19.6 Å². The van der Waals surface area contributed by atoms with Crippen LogP contribution in [0.15, 0.2) is 24.3 Å². The molecule has 4 fully saturated rings. The van der Waals surface area contributed by atoms with Crippen LogP contribution in [0.5, 0.6) is 0 Å². The number of aromatic nitrogens is 3. The van der Waals surface area contributed by atoms with Gasteiger partial charge in [-0.25, -0.2) is 4.79 Å². The molecule has 6 rings (SSSR count). The second-order valence-corrected chi connectivity index (χ2v) is 8.78. The van der Waals surface area contributed by atoms with Crippen molar-refractivity contribution in [2.75, 3.05) is 42.6 Å². The predicted molar refractivity (Wildman–Crippen MR) is 104 cm³/mol. The number of nitrogens with zero attached hydrogens (tertiary/aromatic N) is 5. The van der Waals surface area contributed by atoms with Crippen LogP contribution in [0.3, 0.4) is 0 Å². The number of carbonyl (C=O) groups is 2. The molecule has 4 heterocycles. The summed E-state index contributed by atoms with van der Waals surface area (Å²) in [5, 5.41) is 11.3. The van der Waals surface area contributed by atoms with E-state index in [-0.39, 0.29) is 23.3 Å². The average Bonchev–Trinajstić information content (AvgIpc) is 3.34. The van der Waals surface area contributed by atoms with Crippen molar-refractivity contribution >= 4 is 23.6 Å². The Morgan fingerprint density at radius 3 is 2.52 bits per heavy atom. The van der Waals surface area contributed by atoms with E-state index in [9.17, 15) is 9.59 Å². The molecule has 9 nitrogen and oxygen atoms in total. The number of hydrogen-bond donors (Lipinski definition) is 1. The summed E-state index contributed by atoms with van der Waals surface area (Å²) in [7, 11) is 1.98. The predicted octanol–water partition coefficient (Wildman–Crippen LogP) is 1.16. The normalized spacial score (nSPS) is 30.4. The van der Waals surface area contributed by atoms with Crippen LogP contribution < -0.4 is 15.1 Å². The van der Waals surface area contributed by atoms with Crippen molar-refractivity contribution in [1.29, 1.82) is 0 Å². The van der Waals surface area contributed by atoms with E-state index in [1.807, 2.05) is 35.9 Å². The topological polar surface area (TPSA) is 92.6 Å². The molecule has 4 aliphatic rings. The zero-order valence-electron chi connectivity index (χ0n) is 16.2. The zero-order valence-corrected chi connectivity index (χ0v) is 16.2. The molecular weight excluding hydrogens is 372 g/mol. The third-order valence-electron chi connectivity index (χ3n) is 7.29. The Labute approximate surface area is 167 Å². The number of imide groups is 1. The van der Waals surface area contributed by atoms with E-state index < -0.39 is 6.03 Å². The van der Waals surface area contributed by atoms with Crippen LogP contribution in [0.1, 0.15) is 12.8 Å². The SMILES string of the molecule is Cn1c(-c2cccc(N3CC(=O)NC3=O)c2)nnc1N1CC23CCC2(COC3)C1. The van der Waals surface area contributed by atoms with Gasteiger partial charge in [-0.15, -0.1) is 10.2 Å². The summed E-state index contributed by atoms with van der Waals surface area (Å²) >= 11 is 0. The third kappa shape index (κ3) is 2.19. The molecule has 3 amide bonds. The van der Waals surface area contributed by atoms with Crippen molar-refractivity contribution in [3.05, 3.63) is 24.3 Å². The Kier molecular flexibility index (Phi) is 3.25. The van der Waals surface area contributed by atoms with Gasteiger partial charge < -0.3 is 9.64 Å². The van der Waals surface area contributed by atoms with Crippen LogP contribution in [-0.2, 0) is 16.6 Å². The largest absolute Gasteiger partial charge is 0.380 e. The van der Waals surface area contributed by atoms with Gasteiger partial charge in [-0.2, -0.15) is 0 Å². The number of rotatable bonds is 3. The molecule has 2 aromatic rings. The van der Waals surface area contributed by atoms with Crippen molar-refractivity contribution in [2.24, 2.45) is 17.9 Å². The average molecular weight is 394 g/mol. The minimum atomic E-state index is -0.398. The summed E-state index contributed by atoms with van der Waals surface area (Å²) in [6, 6.07) is 7.10. The number of amides is 3. The van der Waals surface area contributed by atoms with Crippen LogP contribution >= 0.6 is 0 Å². The fourth-order valence-corrected chi connectivity index (χ4v) is 5.55. The summed E-state index contributed by atoms with van der Waals surface area (Å²) in [5.74, 6) is 1.32. The van der Waals surface area contributed by atoms with Crippen molar-refractivity contribution in [2.45, 2.75) is 12.8 Å². The number of carbonyl (C=O) groups excluding carboxylic acids is 2. The standard InChI is InChI=1S/C20H22N6O3/c1-24-16(13-3-2-4-14(7-13)26-8-15(27)21-18(26)28)22-23-17(24)25-9-19-5-6-20(19,10-25)12-29-11-19/h2-4,7H,5-6,8-12H2,1H3,(H,21,27,28). The Morgan fingerprint density at radius 1 is 1.10 bits per heavy atom. The van der Waals surface area contributed by atoms with Gasteiger partial charge in [0.25, 0.3) is 0 Å². The number of hydrogen-bond acceptors (Lipinski definition) is 6.